The summed E-state index contributed by atoms with van der Waals surface area (Å²) >= 11 is 1.59. The van der Waals surface area contributed by atoms with Crippen LogP contribution in [0, 0.1) is 11.6 Å². The van der Waals surface area contributed by atoms with Gasteiger partial charge in [0, 0.05) is 10.9 Å². The van der Waals surface area contributed by atoms with Gasteiger partial charge in [-0.1, -0.05) is 13.3 Å². The van der Waals surface area contributed by atoms with Crippen molar-refractivity contribution < 1.29 is 8.78 Å². The minimum absolute atomic E-state index is 0.563. The van der Waals surface area contributed by atoms with Gasteiger partial charge >= 0.3 is 0 Å². The number of hydrogen-bond donors (Lipinski definition) is 1. The molecule has 0 radical (unpaired) electrons. The van der Waals surface area contributed by atoms with Crippen LogP contribution in [-0.2, 0) is 0 Å². The number of unbranched alkanes of at least 4 members (excludes halogenated alkanes) is 1. The largest absolute Gasteiger partial charge is 0.314 e. The third kappa shape index (κ3) is 6.92. The molecule has 0 heterocycles. The first-order chi connectivity index (χ1) is 9.13. The van der Waals surface area contributed by atoms with E-state index in [4.69, 9.17) is 0 Å². The van der Waals surface area contributed by atoms with Crippen LogP contribution >= 0.6 is 11.8 Å². The van der Waals surface area contributed by atoms with E-state index in [0.717, 1.165) is 36.5 Å². The first-order valence-corrected chi connectivity index (χ1v) is 7.93. The number of hydrogen-bond acceptors (Lipinski definition) is 2. The fourth-order valence-corrected chi connectivity index (χ4v) is 2.74. The Morgan fingerprint density at radius 1 is 1.21 bits per heavy atom. The third-order valence-electron chi connectivity index (χ3n) is 2.93. The summed E-state index contributed by atoms with van der Waals surface area (Å²) < 4.78 is 25.7. The van der Waals surface area contributed by atoms with Crippen molar-refractivity contribution in [2.75, 3.05) is 12.3 Å². The highest BCUT2D eigenvalue weighted by Gasteiger charge is 2.03. The van der Waals surface area contributed by atoms with Gasteiger partial charge in [0.1, 0.15) is 0 Å². The first kappa shape index (κ1) is 16.4. The smallest absolute Gasteiger partial charge is 0.159 e. The average molecular weight is 287 g/mol. The van der Waals surface area contributed by atoms with E-state index in [-0.39, 0.29) is 0 Å². The van der Waals surface area contributed by atoms with Crippen molar-refractivity contribution in [3.8, 4) is 0 Å². The van der Waals surface area contributed by atoms with Crippen LogP contribution in [0.25, 0.3) is 0 Å². The number of thioether (sulfide) groups is 1. The van der Waals surface area contributed by atoms with Crippen molar-refractivity contribution in [3.63, 3.8) is 0 Å². The van der Waals surface area contributed by atoms with Crippen LogP contribution in [0.5, 0.6) is 0 Å². The van der Waals surface area contributed by atoms with E-state index >= 15 is 0 Å². The van der Waals surface area contributed by atoms with Crippen molar-refractivity contribution in [1.82, 2.24) is 5.32 Å². The quantitative estimate of drug-likeness (QED) is 0.525. The molecular formula is C15H23F2NS. The van der Waals surface area contributed by atoms with E-state index in [0.29, 0.717) is 6.04 Å². The molecule has 0 fully saturated rings. The van der Waals surface area contributed by atoms with E-state index in [9.17, 15) is 8.78 Å². The topological polar surface area (TPSA) is 12.0 Å². The molecule has 0 amide bonds. The Hall–Kier alpha value is -0.610. The number of nitrogens with one attached hydrogen (secondary N) is 1. The first-order valence-electron chi connectivity index (χ1n) is 6.94. The Morgan fingerprint density at radius 3 is 2.68 bits per heavy atom. The van der Waals surface area contributed by atoms with Gasteiger partial charge in [-0.25, -0.2) is 8.78 Å². The van der Waals surface area contributed by atoms with Crippen molar-refractivity contribution in [1.29, 1.82) is 0 Å². The molecule has 19 heavy (non-hydrogen) atoms. The minimum Gasteiger partial charge on any atom is -0.314 e. The minimum atomic E-state index is -0.778. The lowest BCUT2D eigenvalue weighted by Gasteiger charge is -2.12. The molecule has 108 valence electrons. The Balaban J connectivity index is 2.12. The molecule has 0 spiro atoms. The molecule has 0 saturated heterocycles. The standard InChI is InChI=1S/C15H23F2NS/c1-3-9-18-12(2)6-4-5-10-19-13-7-8-14(16)15(17)11-13/h7-8,11-12,18H,3-6,9-10H2,1-2H3. The summed E-state index contributed by atoms with van der Waals surface area (Å²) in [5.74, 6) is -0.589. The van der Waals surface area contributed by atoms with E-state index in [1.54, 1.807) is 17.8 Å². The van der Waals surface area contributed by atoms with E-state index in [2.05, 4.69) is 19.2 Å². The summed E-state index contributed by atoms with van der Waals surface area (Å²) in [4.78, 5) is 0.802. The molecule has 0 saturated carbocycles. The summed E-state index contributed by atoms with van der Waals surface area (Å²) in [5, 5.41) is 3.46. The SMILES string of the molecule is CCCNC(C)CCCCSc1ccc(F)c(F)c1. The number of benzene rings is 1. The highest BCUT2D eigenvalue weighted by Crippen LogP contribution is 2.21. The van der Waals surface area contributed by atoms with Crippen LogP contribution in [0.2, 0.25) is 0 Å². The maximum Gasteiger partial charge on any atom is 0.159 e. The fourth-order valence-electron chi connectivity index (χ4n) is 1.80. The van der Waals surface area contributed by atoms with Gasteiger partial charge in [-0.3, -0.25) is 0 Å². The molecule has 1 atom stereocenters. The van der Waals surface area contributed by atoms with Gasteiger partial charge in [0.2, 0.25) is 0 Å². The van der Waals surface area contributed by atoms with Gasteiger partial charge in [0.25, 0.3) is 0 Å². The average Bonchev–Trinajstić information content (AvgIpc) is 2.40. The predicted octanol–water partition coefficient (Wildman–Crippen LogP) is 4.62. The van der Waals surface area contributed by atoms with E-state index in [1.165, 1.54) is 18.6 Å². The van der Waals surface area contributed by atoms with Crippen LogP contribution in [0.4, 0.5) is 8.78 Å². The normalized spacial score (nSPS) is 12.6. The molecule has 0 aromatic heterocycles. The highest BCUT2D eigenvalue weighted by atomic mass is 32.2. The second kappa shape index (κ2) is 9.32. The molecule has 1 unspecified atom stereocenters. The molecule has 1 N–H and O–H groups in total. The van der Waals surface area contributed by atoms with Crippen LogP contribution in [0.1, 0.15) is 39.5 Å². The second-order valence-corrected chi connectivity index (χ2v) is 5.94. The molecule has 1 rings (SSSR count). The Kier molecular flexibility index (Phi) is 8.07. The van der Waals surface area contributed by atoms with E-state index < -0.39 is 11.6 Å². The van der Waals surface area contributed by atoms with Crippen molar-refractivity contribution in [2.24, 2.45) is 0 Å². The van der Waals surface area contributed by atoms with Gasteiger partial charge in [0.05, 0.1) is 0 Å². The molecule has 1 aromatic carbocycles. The zero-order valence-electron chi connectivity index (χ0n) is 11.7. The lowest BCUT2D eigenvalue weighted by molar-refractivity contribution is 0.496. The Bertz CT molecular complexity index is 371. The molecular weight excluding hydrogens is 264 g/mol. The Morgan fingerprint density at radius 2 is 2.00 bits per heavy atom. The number of halogens is 2. The molecule has 0 aliphatic rings. The number of rotatable bonds is 9. The lowest BCUT2D eigenvalue weighted by Crippen LogP contribution is -2.26. The third-order valence-corrected chi connectivity index (χ3v) is 4.01. The summed E-state index contributed by atoms with van der Waals surface area (Å²) in [7, 11) is 0. The van der Waals surface area contributed by atoms with Crippen LogP contribution in [0.15, 0.2) is 23.1 Å². The van der Waals surface area contributed by atoms with Crippen molar-refractivity contribution >= 4 is 11.8 Å². The van der Waals surface area contributed by atoms with Gasteiger partial charge < -0.3 is 5.32 Å². The molecule has 1 aromatic rings. The highest BCUT2D eigenvalue weighted by molar-refractivity contribution is 7.99. The molecule has 0 aliphatic heterocycles. The molecule has 4 heteroatoms. The summed E-state index contributed by atoms with van der Waals surface area (Å²) in [5.41, 5.74) is 0. The maximum absolute atomic E-state index is 13.0. The predicted molar refractivity (Wildman–Crippen MR) is 78.7 cm³/mol. The molecule has 0 aliphatic carbocycles. The Labute approximate surface area is 119 Å². The van der Waals surface area contributed by atoms with E-state index in [1.807, 2.05) is 0 Å². The summed E-state index contributed by atoms with van der Waals surface area (Å²) in [6.45, 7) is 5.45. The van der Waals surface area contributed by atoms with Gasteiger partial charge in [-0.05, 0) is 56.7 Å². The zero-order chi connectivity index (χ0) is 14.1. The van der Waals surface area contributed by atoms with Crippen LogP contribution in [-0.4, -0.2) is 18.3 Å². The van der Waals surface area contributed by atoms with Crippen molar-refractivity contribution in [3.05, 3.63) is 29.8 Å². The monoisotopic (exact) mass is 287 g/mol. The lowest BCUT2D eigenvalue weighted by atomic mass is 10.1. The molecule has 0 bridgehead atoms. The maximum atomic E-state index is 13.0. The summed E-state index contributed by atoms with van der Waals surface area (Å²) in [6, 6.07) is 4.65. The van der Waals surface area contributed by atoms with Crippen molar-refractivity contribution in [2.45, 2.75) is 50.5 Å². The van der Waals surface area contributed by atoms with Crippen LogP contribution in [0.3, 0.4) is 0 Å². The van der Waals surface area contributed by atoms with Crippen LogP contribution < -0.4 is 5.32 Å². The van der Waals surface area contributed by atoms with Gasteiger partial charge in [-0.2, -0.15) is 0 Å². The fraction of sp³-hybridized carbons (Fsp3) is 0.600. The van der Waals surface area contributed by atoms with Gasteiger partial charge in [-0.15, -0.1) is 11.8 Å². The second-order valence-electron chi connectivity index (χ2n) is 4.78. The zero-order valence-corrected chi connectivity index (χ0v) is 12.5. The molecule has 1 nitrogen and oxygen atoms in total. The van der Waals surface area contributed by atoms with Gasteiger partial charge in [0.15, 0.2) is 11.6 Å². The summed E-state index contributed by atoms with van der Waals surface area (Å²) in [6.07, 6.45) is 4.59.